The van der Waals surface area contributed by atoms with E-state index >= 15 is 0 Å². The Balaban J connectivity index is 1.56. The Morgan fingerprint density at radius 2 is 1.90 bits per heavy atom. The molecule has 0 aromatic heterocycles. The van der Waals surface area contributed by atoms with Gasteiger partial charge in [-0.1, -0.05) is 41.9 Å². The van der Waals surface area contributed by atoms with E-state index in [0.29, 0.717) is 18.2 Å². The van der Waals surface area contributed by atoms with Crippen LogP contribution in [0.3, 0.4) is 0 Å². The third-order valence-electron chi connectivity index (χ3n) is 5.47. The molecular weight excluding hydrogens is 394 g/mol. The molecule has 0 unspecified atom stereocenters. The number of hydrogen-bond donors (Lipinski definition) is 0. The molecule has 6 nitrogen and oxygen atoms in total. The van der Waals surface area contributed by atoms with Gasteiger partial charge in [-0.15, -0.1) is 0 Å². The lowest BCUT2D eigenvalue weighted by molar-refractivity contribution is -0.177. The number of nitrogens with zero attached hydrogens (tertiary/aromatic N) is 1. The Hall–Kier alpha value is -2.57. The molecule has 4 rings (SSSR count). The Bertz CT molecular complexity index is 900. The van der Waals surface area contributed by atoms with Crippen molar-refractivity contribution in [3.8, 4) is 5.75 Å². The number of fused-ring (bicyclic) bond motifs is 3. The number of ether oxygens (including phenoxy) is 2. The molecule has 0 bridgehead atoms. The van der Waals surface area contributed by atoms with Crippen LogP contribution in [0.25, 0.3) is 0 Å². The summed E-state index contributed by atoms with van der Waals surface area (Å²) in [5.41, 5.74) is 1.81. The molecule has 2 aliphatic rings. The molecule has 7 heteroatoms. The molecule has 1 fully saturated rings. The van der Waals surface area contributed by atoms with E-state index < -0.39 is 0 Å². The number of hydroxylamine groups is 2. The van der Waals surface area contributed by atoms with E-state index in [1.165, 1.54) is 12.2 Å². The number of para-hydroxylation sites is 1. The highest BCUT2D eigenvalue weighted by Crippen LogP contribution is 2.44. The van der Waals surface area contributed by atoms with E-state index in [0.717, 1.165) is 16.9 Å². The van der Waals surface area contributed by atoms with Crippen LogP contribution in [0.2, 0.25) is 5.02 Å². The van der Waals surface area contributed by atoms with Crippen molar-refractivity contribution in [1.29, 1.82) is 0 Å². The second-order valence-electron chi connectivity index (χ2n) is 7.30. The first-order valence-electron chi connectivity index (χ1n) is 9.55. The van der Waals surface area contributed by atoms with Gasteiger partial charge in [0.1, 0.15) is 5.75 Å². The first-order chi connectivity index (χ1) is 14.1. The van der Waals surface area contributed by atoms with Gasteiger partial charge in [-0.25, -0.2) is 5.06 Å². The quantitative estimate of drug-likeness (QED) is 0.693. The zero-order valence-electron chi connectivity index (χ0n) is 16.0. The lowest BCUT2D eigenvalue weighted by Gasteiger charge is -2.32. The van der Waals surface area contributed by atoms with Crippen molar-refractivity contribution in [2.24, 2.45) is 5.92 Å². The predicted molar refractivity (Wildman–Crippen MR) is 106 cm³/mol. The Morgan fingerprint density at radius 1 is 1.14 bits per heavy atom. The fourth-order valence-corrected chi connectivity index (χ4v) is 4.09. The number of hydrogen-bond acceptors (Lipinski definition) is 5. The van der Waals surface area contributed by atoms with Crippen molar-refractivity contribution in [3.05, 3.63) is 64.7 Å². The number of carbonyl (C=O) groups is 2. The highest BCUT2D eigenvalue weighted by molar-refractivity contribution is 6.30. The summed E-state index contributed by atoms with van der Waals surface area (Å²) in [6.45, 7) is 0.932. The van der Waals surface area contributed by atoms with Gasteiger partial charge < -0.3 is 9.47 Å². The minimum absolute atomic E-state index is 0.0865. The first kappa shape index (κ1) is 19.7. The number of methoxy groups -OCH3 is 1. The van der Waals surface area contributed by atoms with Crippen molar-refractivity contribution >= 4 is 23.5 Å². The lowest BCUT2D eigenvalue weighted by Crippen LogP contribution is -2.35. The number of amides is 1. The molecule has 0 spiro atoms. The van der Waals surface area contributed by atoms with E-state index in [4.69, 9.17) is 25.9 Å². The van der Waals surface area contributed by atoms with Gasteiger partial charge in [0, 0.05) is 28.8 Å². The summed E-state index contributed by atoms with van der Waals surface area (Å²) in [5.74, 6) is 0.00156. The van der Waals surface area contributed by atoms with Crippen LogP contribution in [-0.2, 0) is 19.2 Å². The minimum atomic E-state index is -0.366. The van der Waals surface area contributed by atoms with Crippen LogP contribution in [0.4, 0.5) is 0 Å². The molecule has 0 aliphatic carbocycles. The molecule has 0 N–H and O–H groups in total. The monoisotopic (exact) mass is 415 g/mol. The van der Waals surface area contributed by atoms with Crippen LogP contribution in [0, 0.1) is 5.92 Å². The topological polar surface area (TPSA) is 65.1 Å². The average Bonchev–Trinajstić information content (AvgIpc) is 3.18. The van der Waals surface area contributed by atoms with Crippen molar-refractivity contribution in [3.63, 3.8) is 0 Å². The third-order valence-corrected chi connectivity index (χ3v) is 5.72. The number of benzene rings is 2. The predicted octanol–water partition coefficient (Wildman–Crippen LogP) is 3.90. The van der Waals surface area contributed by atoms with Crippen LogP contribution in [-0.4, -0.2) is 37.3 Å². The number of rotatable bonds is 5. The van der Waals surface area contributed by atoms with E-state index in [2.05, 4.69) is 0 Å². The lowest BCUT2D eigenvalue weighted by atomic mass is 9.89. The summed E-state index contributed by atoms with van der Waals surface area (Å²) in [5, 5.41) is 2.06. The molecule has 0 radical (unpaired) electrons. The van der Waals surface area contributed by atoms with Crippen molar-refractivity contribution in [2.75, 3.05) is 20.3 Å². The van der Waals surface area contributed by atoms with Crippen LogP contribution in [0.5, 0.6) is 5.75 Å². The second kappa shape index (κ2) is 8.43. The van der Waals surface area contributed by atoms with Gasteiger partial charge in [-0.05, 0) is 23.8 Å². The van der Waals surface area contributed by atoms with E-state index in [9.17, 15) is 9.59 Å². The average molecular weight is 416 g/mol. The number of esters is 1. The van der Waals surface area contributed by atoms with Crippen molar-refractivity contribution in [2.45, 2.75) is 24.8 Å². The SMILES string of the molecule is COC(=O)C[C@@H](CC(=O)N1OC[C@@H]2COc3ccccc3[C@@H]21)c1ccc(Cl)cc1. The molecule has 2 aromatic carbocycles. The van der Waals surface area contributed by atoms with Gasteiger partial charge in [-0.2, -0.15) is 0 Å². The Labute approximate surface area is 174 Å². The van der Waals surface area contributed by atoms with Gasteiger partial charge in [0.25, 0.3) is 0 Å². The smallest absolute Gasteiger partial charge is 0.306 e. The molecule has 2 heterocycles. The molecule has 152 valence electrons. The maximum atomic E-state index is 13.2. The Kier molecular flexibility index (Phi) is 5.74. The fourth-order valence-electron chi connectivity index (χ4n) is 3.97. The molecule has 29 heavy (non-hydrogen) atoms. The largest absolute Gasteiger partial charge is 0.493 e. The summed E-state index contributed by atoms with van der Waals surface area (Å²) >= 11 is 5.98. The van der Waals surface area contributed by atoms with E-state index in [-0.39, 0.29) is 42.6 Å². The summed E-state index contributed by atoms with van der Waals surface area (Å²) in [6, 6.07) is 14.7. The minimum Gasteiger partial charge on any atom is -0.493 e. The first-order valence-corrected chi connectivity index (χ1v) is 9.93. The van der Waals surface area contributed by atoms with Gasteiger partial charge in [0.15, 0.2) is 0 Å². The summed E-state index contributed by atoms with van der Waals surface area (Å²) in [6.07, 6.45) is 0.231. The van der Waals surface area contributed by atoms with Crippen LogP contribution in [0.1, 0.15) is 35.9 Å². The highest BCUT2D eigenvalue weighted by Gasteiger charge is 2.44. The molecule has 1 amide bonds. The maximum Gasteiger partial charge on any atom is 0.306 e. The Morgan fingerprint density at radius 3 is 2.66 bits per heavy atom. The van der Waals surface area contributed by atoms with E-state index in [1.807, 2.05) is 36.4 Å². The zero-order chi connectivity index (χ0) is 20.4. The fraction of sp³-hybridized carbons (Fsp3) is 0.364. The highest BCUT2D eigenvalue weighted by atomic mass is 35.5. The van der Waals surface area contributed by atoms with Gasteiger partial charge >= 0.3 is 5.97 Å². The van der Waals surface area contributed by atoms with Crippen LogP contribution in [0.15, 0.2) is 48.5 Å². The van der Waals surface area contributed by atoms with Crippen LogP contribution >= 0.6 is 11.6 Å². The van der Waals surface area contributed by atoms with E-state index in [1.54, 1.807) is 12.1 Å². The number of halogens is 1. The van der Waals surface area contributed by atoms with Crippen molar-refractivity contribution in [1.82, 2.24) is 5.06 Å². The standard InChI is InChI=1S/C22H22ClNO5/c1-27-21(26)11-15(14-6-8-17(23)9-7-14)10-20(25)24-22-16(13-29-24)12-28-19-5-3-2-4-18(19)22/h2-9,15-16,22H,10-13H2,1H3/t15-,16+,22-/m1/s1. The van der Waals surface area contributed by atoms with Gasteiger partial charge in [-0.3, -0.25) is 14.4 Å². The molecular formula is C22H22ClNO5. The normalized spacial score (nSPS) is 21.0. The molecule has 1 saturated heterocycles. The summed E-state index contributed by atoms with van der Waals surface area (Å²) < 4.78 is 10.6. The molecule has 0 saturated carbocycles. The molecule has 2 aliphatic heterocycles. The molecule has 3 atom stereocenters. The second-order valence-corrected chi connectivity index (χ2v) is 7.74. The van der Waals surface area contributed by atoms with Crippen LogP contribution < -0.4 is 4.74 Å². The zero-order valence-corrected chi connectivity index (χ0v) is 16.8. The summed E-state index contributed by atoms with van der Waals surface area (Å²) in [4.78, 5) is 30.9. The van der Waals surface area contributed by atoms with Gasteiger partial charge in [0.05, 0.1) is 32.8 Å². The summed E-state index contributed by atoms with van der Waals surface area (Å²) in [7, 11) is 1.34. The number of carbonyl (C=O) groups excluding carboxylic acids is 2. The molecule has 2 aromatic rings. The third kappa shape index (κ3) is 4.09. The van der Waals surface area contributed by atoms with Gasteiger partial charge in [0.2, 0.25) is 5.91 Å². The maximum absolute atomic E-state index is 13.2. The van der Waals surface area contributed by atoms with Crippen molar-refractivity contribution < 1.29 is 23.9 Å².